The first-order chi connectivity index (χ1) is 10.6. The van der Waals surface area contributed by atoms with E-state index in [0.29, 0.717) is 11.0 Å². The van der Waals surface area contributed by atoms with Crippen molar-refractivity contribution in [1.82, 2.24) is 9.55 Å². The molecule has 0 bridgehead atoms. The Balaban J connectivity index is 1.90. The van der Waals surface area contributed by atoms with Crippen LogP contribution in [0.4, 0.5) is 10.1 Å². The Kier molecular flexibility index (Phi) is 3.65. The summed E-state index contributed by atoms with van der Waals surface area (Å²) in [6, 6.07) is 12.9. The maximum absolute atomic E-state index is 13.5. The maximum Gasteiger partial charge on any atom is 0.269 e. The molecule has 0 saturated heterocycles. The van der Waals surface area contributed by atoms with Gasteiger partial charge in [0.2, 0.25) is 5.91 Å². The van der Waals surface area contributed by atoms with Gasteiger partial charge in [0.15, 0.2) is 0 Å². The summed E-state index contributed by atoms with van der Waals surface area (Å²) < 4.78 is 14.8. The molecule has 110 valence electrons. The van der Waals surface area contributed by atoms with Gasteiger partial charge >= 0.3 is 0 Å². The first kappa shape index (κ1) is 13.9. The van der Waals surface area contributed by atoms with Crippen molar-refractivity contribution in [2.45, 2.75) is 6.54 Å². The van der Waals surface area contributed by atoms with Crippen LogP contribution >= 0.6 is 0 Å². The van der Waals surface area contributed by atoms with E-state index < -0.39 is 11.7 Å². The van der Waals surface area contributed by atoms with Crippen molar-refractivity contribution in [1.29, 1.82) is 0 Å². The number of fused-ring (bicyclic) bond motifs is 1. The van der Waals surface area contributed by atoms with Gasteiger partial charge in [-0.05, 0) is 24.3 Å². The largest absolute Gasteiger partial charge is 0.322 e. The Bertz CT molecular complexity index is 905. The summed E-state index contributed by atoms with van der Waals surface area (Å²) in [5.41, 5.74) is 0.862. The molecule has 0 atom stereocenters. The lowest BCUT2D eigenvalue weighted by atomic mass is 10.3. The fraction of sp³-hybridized carbons (Fsp3) is 0.0625. The van der Waals surface area contributed by atoms with Crippen LogP contribution in [0.5, 0.6) is 0 Å². The number of benzene rings is 2. The second-order valence-electron chi connectivity index (χ2n) is 4.70. The van der Waals surface area contributed by atoms with Gasteiger partial charge in [0.05, 0.1) is 22.9 Å². The summed E-state index contributed by atoms with van der Waals surface area (Å²) in [4.78, 5) is 28.0. The van der Waals surface area contributed by atoms with E-state index in [1.54, 1.807) is 30.3 Å². The molecule has 0 unspecified atom stereocenters. The summed E-state index contributed by atoms with van der Waals surface area (Å²) in [6.45, 7) is -0.212. The van der Waals surface area contributed by atoms with Crippen LogP contribution in [0.2, 0.25) is 0 Å². The van der Waals surface area contributed by atoms with Crippen LogP contribution < -0.4 is 10.9 Å². The standard InChI is InChI=1S/C16H12FN3O2/c17-11-5-1-2-6-12(11)19-15(21)10-20-14-8-4-3-7-13(14)18-9-16(20)22/h1-9H,10H2,(H,19,21). The van der Waals surface area contributed by atoms with Crippen molar-refractivity contribution in [2.75, 3.05) is 5.32 Å². The number of rotatable bonds is 3. The topological polar surface area (TPSA) is 64.0 Å². The average molecular weight is 297 g/mol. The van der Waals surface area contributed by atoms with Gasteiger partial charge in [-0.2, -0.15) is 0 Å². The maximum atomic E-state index is 13.5. The Morgan fingerprint density at radius 2 is 1.86 bits per heavy atom. The van der Waals surface area contributed by atoms with Crippen molar-refractivity contribution >= 4 is 22.6 Å². The lowest BCUT2D eigenvalue weighted by Crippen LogP contribution is -2.28. The Morgan fingerprint density at radius 1 is 1.14 bits per heavy atom. The quantitative estimate of drug-likeness (QED) is 0.806. The number of carbonyl (C=O) groups excluding carboxylic acids is 1. The molecule has 0 spiro atoms. The zero-order chi connectivity index (χ0) is 15.5. The van der Waals surface area contributed by atoms with Gasteiger partial charge in [0.25, 0.3) is 5.56 Å². The van der Waals surface area contributed by atoms with E-state index in [1.807, 2.05) is 0 Å². The smallest absolute Gasteiger partial charge is 0.269 e. The number of hydrogen-bond acceptors (Lipinski definition) is 3. The lowest BCUT2D eigenvalue weighted by Gasteiger charge is -2.10. The first-order valence-electron chi connectivity index (χ1n) is 6.64. The van der Waals surface area contributed by atoms with E-state index in [1.165, 1.54) is 29.0 Å². The molecule has 1 aromatic heterocycles. The Hall–Kier alpha value is -3.02. The predicted octanol–water partition coefficient (Wildman–Crippen LogP) is 2.17. The molecular weight excluding hydrogens is 285 g/mol. The number of carbonyl (C=O) groups is 1. The minimum Gasteiger partial charge on any atom is -0.322 e. The minimum atomic E-state index is -0.525. The van der Waals surface area contributed by atoms with Gasteiger partial charge in [-0.15, -0.1) is 0 Å². The van der Waals surface area contributed by atoms with Gasteiger partial charge in [-0.1, -0.05) is 24.3 Å². The molecule has 0 radical (unpaired) electrons. The van der Waals surface area contributed by atoms with Gasteiger partial charge in [0.1, 0.15) is 12.4 Å². The SMILES string of the molecule is O=C(Cn1c(=O)cnc2ccccc21)Nc1ccccc1F. The average Bonchev–Trinajstić information content (AvgIpc) is 2.52. The highest BCUT2D eigenvalue weighted by Gasteiger charge is 2.10. The summed E-state index contributed by atoms with van der Waals surface area (Å²) in [5.74, 6) is -1.01. The number of halogens is 1. The first-order valence-corrected chi connectivity index (χ1v) is 6.64. The normalized spacial score (nSPS) is 10.6. The fourth-order valence-electron chi connectivity index (χ4n) is 2.17. The zero-order valence-corrected chi connectivity index (χ0v) is 11.5. The fourth-order valence-corrected chi connectivity index (χ4v) is 2.17. The monoisotopic (exact) mass is 297 g/mol. The zero-order valence-electron chi connectivity index (χ0n) is 11.5. The molecule has 22 heavy (non-hydrogen) atoms. The Labute approximate surface area is 125 Å². The number of aromatic nitrogens is 2. The van der Waals surface area contributed by atoms with Crippen molar-refractivity contribution in [3.8, 4) is 0 Å². The van der Waals surface area contributed by atoms with Crippen LogP contribution in [-0.2, 0) is 11.3 Å². The van der Waals surface area contributed by atoms with Crippen LogP contribution in [0.25, 0.3) is 11.0 Å². The Morgan fingerprint density at radius 3 is 2.68 bits per heavy atom. The van der Waals surface area contributed by atoms with Gasteiger partial charge < -0.3 is 5.32 Å². The third-order valence-electron chi connectivity index (χ3n) is 3.20. The third-order valence-corrected chi connectivity index (χ3v) is 3.20. The predicted molar refractivity (Wildman–Crippen MR) is 81.0 cm³/mol. The molecule has 0 aliphatic rings. The second kappa shape index (κ2) is 5.77. The number of hydrogen-bond donors (Lipinski definition) is 1. The van der Waals surface area contributed by atoms with Gasteiger partial charge in [0, 0.05) is 0 Å². The van der Waals surface area contributed by atoms with Crippen molar-refractivity contribution in [3.05, 3.63) is 70.9 Å². The minimum absolute atomic E-state index is 0.0823. The second-order valence-corrected chi connectivity index (χ2v) is 4.70. The van der Waals surface area contributed by atoms with E-state index in [-0.39, 0.29) is 17.8 Å². The lowest BCUT2D eigenvalue weighted by molar-refractivity contribution is -0.116. The van der Waals surface area contributed by atoms with E-state index in [2.05, 4.69) is 10.3 Å². The molecule has 0 aliphatic carbocycles. The van der Waals surface area contributed by atoms with Crippen molar-refractivity contribution in [3.63, 3.8) is 0 Å². The molecule has 2 aromatic carbocycles. The highest BCUT2D eigenvalue weighted by atomic mass is 19.1. The number of nitrogens with zero attached hydrogens (tertiary/aromatic N) is 2. The number of amides is 1. The molecule has 1 amide bonds. The van der Waals surface area contributed by atoms with Crippen LogP contribution in [-0.4, -0.2) is 15.5 Å². The van der Waals surface area contributed by atoms with Crippen molar-refractivity contribution in [2.24, 2.45) is 0 Å². The van der Waals surface area contributed by atoms with E-state index in [4.69, 9.17) is 0 Å². The molecular formula is C16H12FN3O2. The summed E-state index contributed by atoms with van der Waals surface area (Å²) in [7, 11) is 0. The van der Waals surface area contributed by atoms with Crippen LogP contribution in [0, 0.1) is 5.82 Å². The van der Waals surface area contributed by atoms with Crippen LogP contribution in [0.1, 0.15) is 0 Å². The summed E-state index contributed by atoms with van der Waals surface area (Å²) in [5, 5.41) is 2.46. The molecule has 5 nitrogen and oxygen atoms in total. The number of para-hydroxylation sites is 3. The van der Waals surface area contributed by atoms with Gasteiger partial charge in [-0.25, -0.2) is 9.37 Å². The molecule has 3 rings (SSSR count). The molecule has 3 aromatic rings. The third kappa shape index (κ3) is 2.71. The van der Waals surface area contributed by atoms with E-state index in [9.17, 15) is 14.0 Å². The molecule has 6 heteroatoms. The summed E-state index contributed by atoms with van der Waals surface area (Å²) in [6.07, 6.45) is 1.17. The number of nitrogens with one attached hydrogen (secondary N) is 1. The highest BCUT2D eigenvalue weighted by molar-refractivity contribution is 5.91. The van der Waals surface area contributed by atoms with Crippen LogP contribution in [0.3, 0.4) is 0 Å². The van der Waals surface area contributed by atoms with Gasteiger partial charge in [-0.3, -0.25) is 14.2 Å². The molecule has 1 heterocycles. The molecule has 0 aliphatic heterocycles. The molecule has 1 N–H and O–H groups in total. The summed E-state index contributed by atoms with van der Waals surface area (Å²) >= 11 is 0. The van der Waals surface area contributed by atoms with E-state index >= 15 is 0 Å². The highest BCUT2D eigenvalue weighted by Crippen LogP contribution is 2.13. The van der Waals surface area contributed by atoms with E-state index in [0.717, 1.165) is 0 Å². The van der Waals surface area contributed by atoms with Crippen molar-refractivity contribution < 1.29 is 9.18 Å². The number of anilines is 1. The molecule has 0 fully saturated rings. The molecule has 0 saturated carbocycles. The van der Waals surface area contributed by atoms with Crippen LogP contribution in [0.15, 0.2) is 59.5 Å².